The highest BCUT2D eigenvalue weighted by atomic mass is 31.1. The fraction of sp³-hybridized carbons (Fsp3) is 0.0400. The minimum Gasteiger partial charge on any atom is -0.0622 e. The lowest BCUT2D eigenvalue weighted by molar-refractivity contribution is 1.40. The maximum Gasteiger partial charge on any atom is 0.00136 e. The highest BCUT2D eigenvalue weighted by Gasteiger charge is 2.16. The Morgan fingerprint density at radius 2 is 0.923 bits per heavy atom. The van der Waals surface area contributed by atoms with Gasteiger partial charge < -0.3 is 0 Å². The molecule has 0 radical (unpaired) electrons. The summed E-state index contributed by atoms with van der Waals surface area (Å²) in [5, 5.41) is 2.85. The average molecular weight is 352 g/mol. The molecule has 1 heteroatoms. The first-order valence-corrected chi connectivity index (χ1v) is 10.5. The van der Waals surface area contributed by atoms with Gasteiger partial charge in [0.2, 0.25) is 0 Å². The van der Waals surface area contributed by atoms with Gasteiger partial charge in [-0.15, -0.1) is 0 Å². The molecule has 0 heterocycles. The van der Waals surface area contributed by atoms with Crippen molar-refractivity contribution in [2.75, 3.05) is 0 Å². The summed E-state index contributed by atoms with van der Waals surface area (Å²) in [5.74, 6) is 0. The van der Waals surface area contributed by atoms with E-state index in [0.29, 0.717) is 0 Å². The summed E-state index contributed by atoms with van der Waals surface area (Å²) in [5.41, 5.74) is 4.05. The highest BCUT2D eigenvalue weighted by Crippen LogP contribution is 2.40. The summed E-state index contributed by atoms with van der Waals surface area (Å²) in [6.07, 6.45) is 1.05. The summed E-state index contributed by atoms with van der Waals surface area (Å²) >= 11 is 0. The molecular formula is C25H21P. The SMILES string of the molecule is c1ccc(-c2ccccc2CP(c2ccccc2)c2ccccc2)cc1. The molecule has 0 saturated heterocycles. The Balaban J connectivity index is 1.76. The lowest BCUT2D eigenvalue weighted by Gasteiger charge is -2.20. The maximum absolute atomic E-state index is 2.28. The third-order valence-electron chi connectivity index (χ3n) is 4.57. The van der Waals surface area contributed by atoms with Gasteiger partial charge in [0.25, 0.3) is 0 Å². The molecule has 0 aliphatic carbocycles. The first-order valence-electron chi connectivity index (χ1n) is 8.93. The van der Waals surface area contributed by atoms with Gasteiger partial charge in [0, 0.05) is 6.16 Å². The van der Waals surface area contributed by atoms with Gasteiger partial charge in [-0.1, -0.05) is 115 Å². The minimum atomic E-state index is -0.434. The van der Waals surface area contributed by atoms with Crippen molar-refractivity contribution in [3.05, 3.63) is 121 Å². The van der Waals surface area contributed by atoms with E-state index in [1.165, 1.54) is 27.3 Å². The van der Waals surface area contributed by atoms with Crippen LogP contribution in [0.4, 0.5) is 0 Å². The van der Waals surface area contributed by atoms with Crippen molar-refractivity contribution in [2.45, 2.75) is 6.16 Å². The van der Waals surface area contributed by atoms with Gasteiger partial charge in [0.1, 0.15) is 0 Å². The molecule has 0 nitrogen and oxygen atoms in total. The van der Waals surface area contributed by atoms with E-state index in [4.69, 9.17) is 0 Å². The molecular weight excluding hydrogens is 331 g/mol. The second kappa shape index (κ2) is 8.13. The van der Waals surface area contributed by atoms with Crippen LogP contribution in [0.15, 0.2) is 115 Å². The van der Waals surface area contributed by atoms with Crippen LogP contribution in [0.2, 0.25) is 0 Å². The molecule has 126 valence electrons. The molecule has 4 aromatic rings. The minimum absolute atomic E-state index is 0.434. The summed E-state index contributed by atoms with van der Waals surface area (Å²) in [7, 11) is -0.434. The van der Waals surface area contributed by atoms with E-state index < -0.39 is 7.92 Å². The third-order valence-corrected chi connectivity index (χ3v) is 7.07. The molecule has 0 spiro atoms. The van der Waals surface area contributed by atoms with Crippen LogP contribution in [-0.4, -0.2) is 0 Å². The molecule has 0 atom stereocenters. The zero-order valence-corrected chi connectivity index (χ0v) is 15.5. The molecule has 0 amide bonds. The van der Waals surface area contributed by atoms with Crippen LogP contribution in [0, 0.1) is 0 Å². The molecule has 0 aliphatic rings. The van der Waals surface area contributed by atoms with Gasteiger partial charge in [-0.25, -0.2) is 0 Å². The zero-order chi connectivity index (χ0) is 17.6. The van der Waals surface area contributed by atoms with E-state index in [1.54, 1.807) is 0 Å². The summed E-state index contributed by atoms with van der Waals surface area (Å²) in [6.45, 7) is 0. The van der Waals surface area contributed by atoms with Crippen LogP contribution in [0.5, 0.6) is 0 Å². The van der Waals surface area contributed by atoms with Crippen LogP contribution in [-0.2, 0) is 6.16 Å². The van der Waals surface area contributed by atoms with E-state index in [0.717, 1.165) is 6.16 Å². The van der Waals surface area contributed by atoms with Gasteiger partial charge in [-0.3, -0.25) is 0 Å². The second-order valence-electron chi connectivity index (χ2n) is 6.28. The lowest BCUT2D eigenvalue weighted by Crippen LogP contribution is -2.13. The van der Waals surface area contributed by atoms with Crippen molar-refractivity contribution in [1.82, 2.24) is 0 Å². The van der Waals surface area contributed by atoms with E-state index in [1.807, 2.05) is 0 Å². The van der Waals surface area contributed by atoms with Crippen molar-refractivity contribution in [3.8, 4) is 11.1 Å². The van der Waals surface area contributed by atoms with E-state index in [2.05, 4.69) is 115 Å². The van der Waals surface area contributed by atoms with Crippen molar-refractivity contribution in [3.63, 3.8) is 0 Å². The Morgan fingerprint density at radius 3 is 1.50 bits per heavy atom. The topological polar surface area (TPSA) is 0 Å². The van der Waals surface area contributed by atoms with Crippen LogP contribution in [0.25, 0.3) is 11.1 Å². The Hall–Kier alpha value is -2.69. The van der Waals surface area contributed by atoms with Gasteiger partial charge in [0.15, 0.2) is 0 Å². The average Bonchev–Trinajstić information content (AvgIpc) is 2.74. The highest BCUT2D eigenvalue weighted by molar-refractivity contribution is 7.72. The number of hydrogen-bond donors (Lipinski definition) is 0. The molecule has 0 bridgehead atoms. The maximum atomic E-state index is 2.28. The van der Waals surface area contributed by atoms with Crippen LogP contribution < -0.4 is 10.6 Å². The first kappa shape index (κ1) is 16.8. The number of hydrogen-bond acceptors (Lipinski definition) is 0. The molecule has 26 heavy (non-hydrogen) atoms. The van der Waals surface area contributed by atoms with Crippen LogP contribution in [0.3, 0.4) is 0 Å². The Morgan fingerprint density at radius 1 is 0.462 bits per heavy atom. The molecule has 0 unspecified atom stereocenters. The normalized spacial score (nSPS) is 10.8. The monoisotopic (exact) mass is 352 g/mol. The first-order chi connectivity index (χ1) is 12.9. The fourth-order valence-corrected chi connectivity index (χ4v) is 5.62. The molecule has 0 fully saturated rings. The number of rotatable bonds is 5. The zero-order valence-electron chi connectivity index (χ0n) is 14.6. The van der Waals surface area contributed by atoms with Crippen LogP contribution in [0.1, 0.15) is 5.56 Å². The van der Waals surface area contributed by atoms with Crippen molar-refractivity contribution >= 4 is 18.5 Å². The molecule has 0 N–H and O–H groups in total. The van der Waals surface area contributed by atoms with Gasteiger partial charge in [0.05, 0.1) is 0 Å². The van der Waals surface area contributed by atoms with E-state index >= 15 is 0 Å². The predicted molar refractivity (Wildman–Crippen MR) is 115 cm³/mol. The Bertz CT molecular complexity index is 907. The van der Waals surface area contributed by atoms with Gasteiger partial charge >= 0.3 is 0 Å². The summed E-state index contributed by atoms with van der Waals surface area (Å²) in [4.78, 5) is 0. The van der Waals surface area contributed by atoms with Crippen molar-refractivity contribution in [1.29, 1.82) is 0 Å². The summed E-state index contributed by atoms with van der Waals surface area (Å²) in [6, 6.07) is 41.4. The van der Waals surface area contributed by atoms with Gasteiger partial charge in [-0.05, 0) is 35.2 Å². The lowest BCUT2D eigenvalue weighted by atomic mass is 10.0. The van der Waals surface area contributed by atoms with Crippen molar-refractivity contribution < 1.29 is 0 Å². The Kier molecular flexibility index (Phi) is 5.24. The third kappa shape index (κ3) is 3.77. The van der Waals surface area contributed by atoms with E-state index in [-0.39, 0.29) is 0 Å². The molecule has 0 saturated carbocycles. The molecule has 0 aliphatic heterocycles. The van der Waals surface area contributed by atoms with Crippen molar-refractivity contribution in [2.24, 2.45) is 0 Å². The van der Waals surface area contributed by atoms with E-state index in [9.17, 15) is 0 Å². The van der Waals surface area contributed by atoms with Crippen LogP contribution >= 0.6 is 7.92 Å². The second-order valence-corrected chi connectivity index (χ2v) is 8.49. The number of benzene rings is 4. The molecule has 4 rings (SSSR count). The standard InChI is InChI=1S/C25H21P/c1-4-12-21(13-5-1)25-19-11-10-14-22(25)20-26(23-15-6-2-7-16-23)24-17-8-3-9-18-24/h1-19H,20H2. The Labute approximate surface area is 156 Å². The summed E-state index contributed by atoms with van der Waals surface area (Å²) < 4.78 is 0. The van der Waals surface area contributed by atoms with Gasteiger partial charge in [-0.2, -0.15) is 0 Å². The smallest absolute Gasteiger partial charge is 0.00136 e. The predicted octanol–water partition coefficient (Wildman–Crippen LogP) is 5.99. The molecule has 4 aromatic carbocycles. The molecule has 0 aromatic heterocycles. The quantitative estimate of drug-likeness (QED) is 0.387. The fourth-order valence-electron chi connectivity index (χ4n) is 3.28. The largest absolute Gasteiger partial charge is 0.0622 e.